The minimum Gasteiger partial charge on any atom is -0.481 e. The van der Waals surface area contributed by atoms with Gasteiger partial charge in [0, 0.05) is 18.0 Å². The molecule has 8 heteroatoms. The highest BCUT2D eigenvalue weighted by Crippen LogP contribution is 2.35. The molecule has 0 heterocycles. The summed E-state index contributed by atoms with van der Waals surface area (Å²) in [6.45, 7) is 2.12. The number of aryl methyl sites for hydroxylation is 1. The molecule has 4 rings (SSSR count). The van der Waals surface area contributed by atoms with Gasteiger partial charge >= 0.3 is 12.3 Å². The summed E-state index contributed by atoms with van der Waals surface area (Å²) in [7, 11) is 0. The van der Waals surface area contributed by atoms with Gasteiger partial charge in [0.05, 0.1) is 6.42 Å². The van der Waals surface area contributed by atoms with E-state index in [1.54, 1.807) is 24.3 Å². The Hall–Kier alpha value is -4.59. The minimum absolute atomic E-state index is 0.0401. The predicted molar refractivity (Wildman–Crippen MR) is 146 cm³/mol. The van der Waals surface area contributed by atoms with Crippen LogP contribution < -0.4 is 10.1 Å². The fourth-order valence-electron chi connectivity index (χ4n) is 4.48. The average molecular weight is 548 g/mol. The van der Waals surface area contributed by atoms with Gasteiger partial charge in [-0.15, -0.1) is 13.2 Å². The molecule has 4 aromatic rings. The van der Waals surface area contributed by atoms with Crippen LogP contribution >= 0.6 is 0 Å². The lowest BCUT2D eigenvalue weighted by Crippen LogP contribution is -2.25. The van der Waals surface area contributed by atoms with E-state index in [1.165, 1.54) is 17.7 Å². The van der Waals surface area contributed by atoms with Crippen molar-refractivity contribution >= 4 is 11.9 Å². The van der Waals surface area contributed by atoms with Crippen LogP contribution in [-0.4, -0.2) is 29.9 Å². The summed E-state index contributed by atoms with van der Waals surface area (Å²) in [5, 5.41) is 11.4. The Balaban J connectivity index is 1.66. The molecule has 1 amide bonds. The number of benzene rings is 4. The Labute approximate surface area is 230 Å². The lowest BCUT2D eigenvalue weighted by atomic mass is 9.83. The first-order valence-electron chi connectivity index (χ1n) is 12.8. The number of carbonyl (C=O) groups is 2. The van der Waals surface area contributed by atoms with Crippen LogP contribution in [0.25, 0.3) is 11.1 Å². The summed E-state index contributed by atoms with van der Waals surface area (Å²) in [6.07, 6.45) is -4.01. The Morgan fingerprint density at radius 3 is 2.02 bits per heavy atom. The summed E-state index contributed by atoms with van der Waals surface area (Å²) in [6, 6.07) is 29.0. The molecule has 0 aliphatic rings. The number of carbonyl (C=O) groups excluding carboxylic acids is 1. The third kappa shape index (κ3) is 7.50. The number of alkyl halides is 3. The van der Waals surface area contributed by atoms with E-state index in [2.05, 4.69) is 41.2 Å². The maximum Gasteiger partial charge on any atom is 0.573 e. The van der Waals surface area contributed by atoms with E-state index in [9.17, 15) is 22.8 Å². The molecule has 1 unspecified atom stereocenters. The van der Waals surface area contributed by atoms with Crippen molar-refractivity contribution in [3.05, 3.63) is 125 Å². The Kier molecular flexibility index (Phi) is 8.89. The van der Waals surface area contributed by atoms with Gasteiger partial charge in [0.15, 0.2) is 0 Å². The largest absolute Gasteiger partial charge is 0.573 e. The van der Waals surface area contributed by atoms with Crippen molar-refractivity contribution in [1.29, 1.82) is 0 Å². The second kappa shape index (κ2) is 12.5. The van der Waals surface area contributed by atoms with Crippen molar-refractivity contribution in [3.63, 3.8) is 0 Å². The van der Waals surface area contributed by atoms with Crippen LogP contribution in [0.2, 0.25) is 0 Å². The molecular formula is C32H28F3NO4. The Morgan fingerprint density at radius 2 is 1.45 bits per heavy atom. The molecule has 0 fully saturated rings. The first kappa shape index (κ1) is 28.4. The van der Waals surface area contributed by atoms with Gasteiger partial charge in [0.2, 0.25) is 0 Å². The van der Waals surface area contributed by atoms with Crippen LogP contribution in [-0.2, 0) is 11.2 Å². The summed E-state index contributed by atoms with van der Waals surface area (Å²) < 4.78 is 41.7. The molecule has 0 saturated carbocycles. The molecule has 0 spiro atoms. The second-order valence-electron chi connectivity index (χ2n) is 9.25. The summed E-state index contributed by atoms with van der Waals surface area (Å²) in [5.41, 5.74) is 6.15. The van der Waals surface area contributed by atoms with Gasteiger partial charge < -0.3 is 15.2 Å². The topological polar surface area (TPSA) is 75.6 Å². The fraction of sp³-hybridized carbons (Fsp3) is 0.188. The monoisotopic (exact) mass is 547 g/mol. The first-order valence-corrected chi connectivity index (χ1v) is 12.8. The number of ether oxygens (including phenoxy) is 1. The van der Waals surface area contributed by atoms with Crippen LogP contribution in [0, 0.1) is 0 Å². The lowest BCUT2D eigenvalue weighted by Gasteiger charge is -2.21. The predicted octanol–water partition coefficient (Wildman–Crippen LogP) is 7.20. The third-order valence-corrected chi connectivity index (χ3v) is 6.49. The first-order chi connectivity index (χ1) is 19.1. The molecule has 0 bridgehead atoms. The van der Waals surface area contributed by atoms with Crippen molar-refractivity contribution in [2.45, 2.75) is 32.0 Å². The Morgan fingerprint density at radius 1 is 0.825 bits per heavy atom. The SMILES string of the molecule is CCc1ccc(C(c2ccc(C(=O)NCCC(=O)O)cc2)c2cccc(-c3ccc(OC(F)(F)F)cc3)c2)cc1. The molecule has 0 aliphatic heterocycles. The molecule has 0 radical (unpaired) electrons. The number of rotatable bonds is 10. The zero-order valence-electron chi connectivity index (χ0n) is 21.7. The summed E-state index contributed by atoms with van der Waals surface area (Å²) in [4.78, 5) is 23.2. The van der Waals surface area contributed by atoms with Gasteiger partial charge in [-0.05, 0) is 64.1 Å². The van der Waals surface area contributed by atoms with Crippen molar-refractivity contribution in [2.75, 3.05) is 6.54 Å². The van der Waals surface area contributed by atoms with Gasteiger partial charge in [-0.2, -0.15) is 0 Å². The van der Waals surface area contributed by atoms with Gasteiger partial charge in [-0.25, -0.2) is 0 Å². The third-order valence-electron chi connectivity index (χ3n) is 6.49. The molecule has 0 aliphatic carbocycles. The van der Waals surface area contributed by atoms with Crippen LogP contribution in [0.4, 0.5) is 13.2 Å². The molecule has 4 aromatic carbocycles. The van der Waals surface area contributed by atoms with Gasteiger partial charge in [0.25, 0.3) is 5.91 Å². The highest BCUT2D eigenvalue weighted by molar-refractivity contribution is 5.94. The maximum absolute atomic E-state index is 12.6. The average Bonchev–Trinajstić information content (AvgIpc) is 2.93. The van der Waals surface area contributed by atoms with Crippen LogP contribution in [0.3, 0.4) is 0 Å². The van der Waals surface area contributed by atoms with Crippen molar-refractivity contribution in [3.8, 4) is 16.9 Å². The van der Waals surface area contributed by atoms with Crippen molar-refractivity contribution in [2.24, 2.45) is 0 Å². The van der Waals surface area contributed by atoms with Gasteiger partial charge in [0.1, 0.15) is 5.75 Å². The second-order valence-corrected chi connectivity index (χ2v) is 9.25. The highest BCUT2D eigenvalue weighted by atomic mass is 19.4. The number of aliphatic carboxylic acids is 1. The van der Waals surface area contributed by atoms with Crippen molar-refractivity contribution in [1.82, 2.24) is 5.32 Å². The quantitative estimate of drug-likeness (QED) is 0.206. The molecule has 0 saturated heterocycles. The number of hydrogen-bond acceptors (Lipinski definition) is 3. The number of nitrogens with one attached hydrogen (secondary N) is 1. The summed E-state index contributed by atoms with van der Waals surface area (Å²) >= 11 is 0. The number of carboxylic acid groups (broad SMARTS) is 1. The molecule has 0 aromatic heterocycles. The maximum atomic E-state index is 12.6. The van der Waals surface area contributed by atoms with E-state index in [0.29, 0.717) is 5.56 Å². The standard InChI is InChI=1S/C32H28F3NO4/c1-2-21-6-8-23(9-7-21)30(24-10-12-25(13-11-24)31(39)36-19-18-29(37)38)27-5-3-4-26(20-27)22-14-16-28(17-15-22)40-32(33,34)35/h3-17,20,30H,2,18-19H2,1H3,(H,36,39)(H,37,38). The van der Waals surface area contributed by atoms with E-state index >= 15 is 0 Å². The van der Waals surface area contributed by atoms with Crippen LogP contribution in [0.1, 0.15) is 51.9 Å². The fourth-order valence-corrected chi connectivity index (χ4v) is 4.48. The molecule has 1 atom stereocenters. The molecule has 206 valence electrons. The van der Waals surface area contributed by atoms with E-state index < -0.39 is 12.3 Å². The Bertz CT molecular complexity index is 1450. The van der Waals surface area contributed by atoms with E-state index in [0.717, 1.165) is 34.2 Å². The van der Waals surface area contributed by atoms with E-state index in [1.807, 2.05) is 36.4 Å². The van der Waals surface area contributed by atoms with Crippen LogP contribution in [0.5, 0.6) is 5.75 Å². The van der Waals surface area contributed by atoms with Gasteiger partial charge in [-0.3, -0.25) is 9.59 Å². The number of amides is 1. The molecule has 40 heavy (non-hydrogen) atoms. The molecule has 5 nitrogen and oxygen atoms in total. The van der Waals surface area contributed by atoms with E-state index in [4.69, 9.17) is 5.11 Å². The number of hydrogen-bond donors (Lipinski definition) is 2. The smallest absolute Gasteiger partial charge is 0.481 e. The zero-order valence-corrected chi connectivity index (χ0v) is 21.7. The highest BCUT2D eigenvalue weighted by Gasteiger charge is 2.31. The summed E-state index contributed by atoms with van der Waals surface area (Å²) in [5.74, 6) is -1.80. The van der Waals surface area contributed by atoms with Crippen molar-refractivity contribution < 1.29 is 32.6 Å². The number of carboxylic acids is 1. The molecular weight excluding hydrogens is 519 g/mol. The lowest BCUT2D eigenvalue weighted by molar-refractivity contribution is -0.274. The minimum atomic E-state index is -4.75. The normalized spacial score (nSPS) is 12.0. The molecule has 2 N–H and O–H groups in total. The van der Waals surface area contributed by atoms with E-state index in [-0.39, 0.29) is 30.5 Å². The van der Waals surface area contributed by atoms with Crippen LogP contribution in [0.15, 0.2) is 97.1 Å². The zero-order chi connectivity index (χ0) is 28.7. The number of halogens is 3. The van der Waals surface area contributed by atoms with Gasteiger partial charge in [-0.1, -0.05) is 79.7 Å².